The number of piperidine rings is 1. The highest BCUT2D eigenvalue weighted by Crippen LogP contribution is 2.27. The van der Waals surface area contributed by atoms with E-state index in [4.69, 9.17) is 5.73 Å². The Hall–Kier alpha value is -0.0300. The monoisotopic (exact) mass is 311 g/mol. The van der Waals surface area contributed by atoms with Gasteiger partial charge in [0.15, 0.2) is 0 Å². The van der Waals surface area contributed by atoms with Gasteiger partial charge in [0.25, 0.3) is 0 Å². The third-order valence-corrected chi connectivity index (χ3v) is 4.33. The molecule has 6 heteroatoms. The van der Waals surface area contributed by atoms with Crippen molar-refractivity contribution in [2.45, 2.75) is 44.2 Å². The standard InChI is InChI=1S/C13H25N3O.2ClH/c1-15(2)12-5-7-16(8-6-12)13(17)10-3-4-11(14)9-10;;/h10-12H,3-9,14H2,1-2H3;2*1H. The van der Waals surface area contributed by atoms with Gasteiger partial charge in [-0.25, -0.2) is 0 Å². The fourth-order valence-electron chi connectivity index (χ4n) is 3.10. The summed E-state index contributed by atoms with van der Waals surface area (Å²) in [4.78, 5) is 16.6. The Labute approximate surface area is 128 Å². The number of hydrogen-bond donors (Lipinski definition) is 1. The van der Waals surface area contributed by atoms with Crippen LogP contribution in [0.1, 0.15) is 32.1 Å². The van der Waals surface area contributed by atoms with E-state index < -0.39 is 0 Å². The second-order valence-electron chi connectivity index (χ2n) is 5.79. The molecule has 1 saturated heterocycles. The van der Waals surface area contributed by atoms with Crippen LogP contribution in [-0.4, -0.2) is 55.0 Å². The molecule has 0 bridgehead atoms. The van der Waals surface area contributed by atoms with Crippen LogP contribution in [0.3, 0.4) is 0 Å². The van der Waals surface area contributed by atoms with E-state index in [0.717, 1.165) is 45.2 Å². The topological polar surface area (TPSA) is 49.6 Å². The zero-order valence-electron chi connectivity index (χ0n) is 11.9. The average Bonchev–Trinajstić information content (AvgIpc) is 2.75. The van der Waals surface area contributed by atoms with E-state index in [1.165, 1.54) is 0 Å². The maximum atomic E-state index is 12.3. The molecule has 0 aromatic carbocycles. The maximum absolute atomic E-state index is 12.3. The second kappa shape index (κ2) is 8.30. The van der Waals surface area contributed by atoms with Crippen molar-refractivity contribution in [1.29, 1.82) is 0 Å². The molecular formula is C13H27Cl2N3O. The number of nitrogens with two attached hydrogens (primary N) is 1. The SMILES string of the molecule is CN(C)C1CCN(C(=O)C2CCC(N)C2)CC1.Cl.Cl. The third kappa shape index (κ3) is 4.78. The molecule has 2 rings (SSSR count). The largest absolute Gasteiger partial charge is 0.342 e. The summed E-state index contributed by atoms with van der Waals surface area (Å²) in [6.45, 7) is 1.85. The summed E-state index contributed by atoms with van der Waals surface area (Å²) in [5, 5.41) is 0. The third-order valence-electron chi connectivity index (χ3n) is 4.33. The van der Waals surface area contributed by atoms with Gasteiger partial charge in [-0.15, -0.1) is 24.8 Å². The number of amides is 1. The van der Waals surface area contributed by atoms with Crippen molar-refractivity contribution in [3.05, 3.63) is 0 Å². The molecule has 2 atom stereocenters. The minimum absolute atomic E-state index is 0. The highest BCUT2D eigenvalue weighted by atomic mass is 35.5. The lowest BCUT2D eigenvalue weighted by atomic mass is 10.0. The van der Waals surface area contributed by atoms with Gasteiger partial charge in [0.05, 0.1) is 0 Å². The maximum Gasteiger partial charge on any atom is 0.225 e. The quantitative estimate of drug-likeness (QED) is 0.841. The van der Waals surface area contributed by atoms with Crippen LogP contribution in [0.25, 0.3) is 0 Å². The summed E-state index contributed by atoms with van der Waals surface area (Å²) in [5.41, 5.74) is 5.88. The minimum atomic E-state index is 0. The summed E-state index contributed by atoms with van der Waals surface area (Å²) in [7, 11) is 4.25. The molecule has 2 aliphatic rings. The first-order chi connectivity index (χ1) is 8.08. The van der Waals surface area contributed by atoms with Gasteiger partial charge >= 0.3 is 0 Å². The molecule has 1 aliphatic heterocycles. The second-order valence-corrected chi connectivity index (χ2v) is 5.79. The van der Waals surface area contributed by atoms with Gasteiger partial charge in [-0.3, -0.25) is 4.79 Å². The summed E-state index contributed by atoms with van der Waals surface area (Å²) in [5.74, 6) is 0.566. The van der Waals surface area contributed by atoms with E-state index in [1.807, 2.05) is 0 Å². The Morgan fingerprint density at radius 1 is 1.11 bits per heavy atom. The molecule has 19 heavy (non-hydrogen) atoms. The van der Waals surface area contributed by atoms with Crippen LogP contribution in [0.4, 0.5) is 0 Å². The van der Waals surface area contributed by atoms with E-state index in [2.05, 4.69) is 23.9 Å². The van der Waals surface area contributed by atoms with E-state index >= 15 is 0 Å². The number of nitrogens with zero attached hydrogens (tertiary/aromatic N) is 2. The molecule has 4 nitrogen and oxygen atoms in total. The van der Waals surface area contributed by atoms with Crippen molar-refractivity contribution in [2.75, 3.05) is 27.2 Å². The molecular weight excluding hydrogens is 285 g/mol. The number of carbonyl (C=O) groups is 1. The van der Waals surface area contributed by atoms with Gasteiger partial charge in [0, 0.05) is 31.1 Å². The Kier molecular flexibility index (Phi) is 8.29. The first-order valence-electron chi connectivity index (χ1n) is 6.78. The molecule has 0 radical (unpaired) electrons. The predicted molar refractivity (Wildman–Crippen MR) is 83.1 cm³/mol. The Balaban J connectivity index is 0.00000162. The molecule has 0 spiro atoms. The van der Waals surface area contributed by atoms with Gasteiger partial charge in [-0.2, -0.15) is 0 Å². The molecule has 1 amide bonds. The van der Waals surface area contributed by atoms with Gasteiger partial charge in [0.1, 0.15) is 0 Å². The van der Waals surface area contributed by atoms with Crippen LogP contribution in [-0.2, 0) is 4.79 Å². The minimum Gasteiger partial charge on any atom is -0.342 e. The van der Waals surface area contributed by atoms with E-state index in [9.17, 15) is 4.79 Å². The summed E-state index contributed by atoms with van der Waals surface area (Å²) < 4.78 is 0. The lowest BCUT2D eigenvalue weighted by Crippen LogP contribution is -2.46. The number of likely N-dealkylation sites (tertiary alicyclic amines) is 1. The van der Waals surface area contributed by atoms with Crippen molar-refractivity contribution < 1.29 is 4.79 Å². The highest BCUT2D eigenvalue weighted by molar-refractivity contribution is 5.85. The summed E-state index contributed by atoms with van der Waals surface area (Å²) in [6.07, 6.45) is 5.12. The fourth-order valence-corrected chi connectivity index (χ4v) is 3.10. The molecule has 2 unspecified atom stereocenters. The lowest BCUT2D eigenvalue weighted by Gasteiger charge is -2.36. The van der Waals surface area contributed by atoms with Gasteiger partial charge in [-0.1, -0.05) is 0 Å². The van der Waals surface area contributed by atoms with Crippen molar-refractivity contribution in [3.63, 3.8) is 0 Å². The van der Waals surface area contributed by atoms with Crippen LogP contribution in [0.5, 0.6) is 0 Å². The Bertz CT molecular complexity index is 281. The molecule has 1 heterocycles. The summed E-state index contributed by atoms with van der Waals surface area (Å²) in [6, 6.07) is 0.896. The molecule has 2 fully saturated rings. The smallest absolute Gasteiger partial charge is 0.225 e. The van der Waals surface area contributed by atoms with Gasteiger partial charge < -0.3 is 15.5 Å². The van der Waals surface area contributed by atoms with Crippen LogP contribution < -0.4 is 5.73 Å². The number of halogens is 2. The van der Waals surface area contributed by atoms with E-state index in [1.54, 1.807) is 0 Å². The molecule has 0 aromatic heterocycles. The zero-order valence-corrected chi connectivity index (χ0v) is 13.5. The number of hydrogen-bond acceptors (Lipinski definition) is 3. The van der Waals surface area contributed by atoms with Crippen molar-refractivity contribution >= 4 is 30.7 Å². The van der Waals surface area contributed by atoms with E-state index in [0.29, 0.717) is 11.9 Å². The Morgan fingerprint density at radius 3 is 2.11 bits per heavy atom. The van der Waals surface area contributed by atoms with Crippen LogP contribution in [0, 0.1) is 5.92 Å². The van der Waals surface area contributed by atoms with Crippen LogP contribution in [0.2, 0.25) is 0 Å². The van der Waals surface area contributed by atoms with Crippen molar-refractivity contribution in [1.82, 2.24) is 9.80 Å². The molecule has 2 N–H and O–H groups in total. The Morgan fingerprint density at radius 2 is 1.68 bits per heavy atom. The normalized spacial score (nSPS) is 27.9. The van der Waals surface area contributed by atoms with Gasteiger partial charge in [-0.05, 0) is 46.2 Å². The highest BCUT2D eigenvalue weighted by Gasteiger charge is 2.32. The number of rotatable bonds is 2. The molecule has 114 valence electrons. The predicted octanol–water partition coefficient (Wildman–Crippen LogP) is 1.51. The zero-order chi connectivity index (χ0) is 12.4. The molecule has 0 aromatic rings. The van der Waals surface area contributed by atoms with Gasteiger partial charge in [0.2, 0.25) is 5.91 Å². The molecule has 1 aliphatic carbocycles. The fraction of sp³-hybridized carbons (Fsp3) is 0.923. The first-order valence-corrected chi connectivity index (χ1v) is 6.78. The van der Waals surface area contributed by atoms with Crippen molar-refractivity contribution in [3.8, 4) is 0 Å². The first kappa shape index (κ1) is 19.0. The van der Waals surface area contributed by atoms with Crippen LogP contribution in [0.15, 0.2) is 0 Å². The van der Waals surface area contributed by atoms with E-state index in [-0.39, 0.29) is 36.8 Å². The average molecular weight is 312 g/mol. The summed E-state index contributed by atoms with van der Waals surface area (Å²) >= 11 is 0. The van der Waals surface area contributed by atoms with Crippen LogP contribution >= 0.6 is 24.8 Å². The van der Waals surface area contributed by atoms with Crippen molar-refractivity contribution in [2.24, 2.45) is 11.7 Å². The number of carbonyl (C=O) groups excluding carboxylic acids is 1. The molecule has 1 saturated carbocycles. The lowest BCUT2D eigenvalue weighted by molar-refractivity contribution is -0.136.